The second kappa shape index (κ2) is 2.99. The van der Waals surface area contributed by atoms with Gasteiger partial charge in [-0.1, -0.05) is 5.16 Å². The maximum Gasteiger partial charge on any atom is 0.156 e. The summed E-state index contributed by atoms with van der Waals surface area (Å²) in [6.07, 6.45) is 2.60. The van der Waals surface area contributed by atoms with Crippen LogP contribution >= 0.6 is 0 Å². The Labute approximate surface area is 80.9 Å². The van der Waals surface area contributed by atoms with Crippen molar-refractivity contribution in [2.24, 2.45) is 0 Å². The fourth-order valence-electron chi connectivity index (χ4n) is 1.76. The van der Waals surface area contributed by atoms with E-state index in [1.54, 1.807) is 6.26 Å². The Morgan fingerprint density at radius 3 is 3.29 bits per heavy atom. The van der Waals surface area contributed by atoms with Gasteiger partial charge in [-0.2, -0.15) is 0 Å². The van der Waals surface area contributed by atoms with Crippen LogP contribution in [-0.4, -0.2) is 11.7 Å². The molecule has 0 spiro atoms. The van der Waals surface area contributed by atoms with Crippen LogP contribution in [0.15, 0.2) is 27.3 Å². The van der Waals surface area contributed by atoms with Gasteiger partial charge in [0.15, 0.2) is 17.2 Å². The molecule has 2 aromatic rings. The first-order valence-corrected chi connectivity index (χ1v) is 4.67. The lowest BCUT2D eigenvalue weighted by atomic mass is 10.1. The highest BCUT2D eigenvalue weighted by Gasteiger charge is 2.21. The Kier molecular flexibility index (Phi) is 1.67. The first-order valence-electron chi connectivity index (χ1n) is 4.67. The number of fused-ring (bicyclic) bond motifs is 1. The van der Waals surface area contributed by atoms with Crippen molar-refractivity contribution in [3.05, 3.63) is 29.7 Å². The summed E-state index contributed by atoms with van der Waals surface area (Å²) in [5.74, 6) is 1.72. The van der Waals surface area contributed by atoms with Crippen molar-refractivity contribution in [2.45, 2.75) is 13.0 Å². The maximum absolute atomic E-state index is 5.30. The molecule has 0 bridgehead atoms. The van der Waals surface area contributed by atoms with E-state index in [2.05, 4.69) is 10.5 Å². The van der Waals surface area contributed by atoms with E-state index in [0.29, 0.717) is 0 Å². The fraction of sp³-hybridized carbons (Fsp3) is 0.300. The topological polar surface area (TPSA) is 51.2 Å². The Morgan fingerprint density at radius 1 is 1.43 bits per heavy atom. The summed E-state index contributed by atoms with van der Waals surface area (Å²) in [6.45, 7) is 1.74. The number of rotatable bonds is 1. The van der Waals surface area contributed by atoms with E-state index in [9.17, 15) is 0 Å². The van der Waals surface area contributed by atoms with Crippen molar-refractivity contribution in [2.75, 3.05) is 6.54 Å². The molecule has 0 saturated heterocycles. The molecule has 0 unspecified atom stereocenters. The third-order valence-corrected chi connectivity index (χ3v) is 2.46. The SMILES string of the molecule is c1coc(-c2noc3c2CCNC3)c1. The monoisotopic (exact) mass is 190 g/mol. The molecule has 1 N–H and O–H groups in total. The van der Waals surface area contributed by atoms with Crippen LogP contribution in [0.2, 0.25) is 0 Å². The van der Waals surface area contributed by atoms with Gasteiger partial charge in [-0.05, 0) is 25.1 Å². The second-order valence-electron chi connectivity index (χ2n) is 3.34. The minimum absolute atomic E-state index is 0.767. The number of hydrogen-bond acceptors (Lipinski definition) is 4. The summed E-state index contributed by atoms with van der Waals surface area (Å²) in [6, 6.07) is 3.76. The van der Waals surface area contributed by atoms with E-state index in [4.69, 9.17) is 8.94 Å². The van der Waals surface area contributed by atoms with Crippen molar-refractivity contribution in [3.8, 4) is 11.5 Å². The minimum Gasteiger partial charge on any atom is -0.463 e. The van der Waals surface area contributed by atoms with Crippen LogP contribution in [0.4, 0.5) is 0 Å². The molecule has 0 aliphatic carbocycles. The van der Waals surface area contributed by atoms with Gasteiger partial charge in [0.05, 0.1) is 12.8 Å². The molecule has 3 heterocycles. The van der Waals surface area contributed by atoms with E-state index in [-0.39, 0.29) is 0 Å². The molecular weight excluding hydrogens is 180 g/mol. The van der Waals surface area contributed by atoms with Gasteiger partial charge in [0.1, 0.15) is 0 Å². The lowest BCUT2D eigenvalue weighted by Crippen LogP contribution is -2.22. The number of hydrogen-bond donors (Lipinski definition) is 1. The molecule has 72 valence electrons. The van der Waals surface area contributed by atoms with Gasteiger partial charge in [-0.3, -0.25) is 0 Å². The molecular formula is C10H10N2O2. The molecule has 4 nitrogen and oxygen atoms in total. The molecule has 1 aliphatic heterocycles. The summed E-state index contributed by atoms with van der Waals surface area (Å²) in [7, 11) is 0. The quantitative estimate of drug-likeness (QED) is 0.741. The van der Waals surface area contributed by atoms with E-state index < -0.39 is 0 Å². The summed E-state index contributed by atoms with van der Waals surface area (Å²) in [5, 5.41) is 7.27. The number of furan rings is 1. The van der Waals surface area contributed by atoms with E-state index in [1.165, 1.54) is 5.56 Å². The molecule has 0 atom stereocenters. The average Bonchev–Trinajstić information content (AvgIpc) is 2.85. The third kappa shape index (κ3) is 1.08. The Bertz CT molecular complexity index is 431. The molecule has 4 heteroatoms. The van der Waals surface area contributed by atoms with Crippen molar-refractivity contribution < 1.29 is 8.94 Å². The summed E-state index contributed by atoms with van der Waals surface area (Å²) < 4.78 is 10.5. The van der Waals surface area contributed by atoms with Gasteiger partial charge in [-0.15, -0.1) is 0 Å². The van der Waals surface area contributed by atoms with Crippen LogP contribution in [0.1, 0.15) is 11.3 Å². The van der Waals surface area contributed by atoms with E-state index >= 15 is 0 Å². The van der Waals surface area contributed by atoms with Crippen LogP contribution < -0.4 is 5.32 Å². The zero-order valence-electron chi connectivity index (χ0n) is 7.62. The number of aromatic nitrogens is 1. The van der Waals surface area contributed by atoms with Crippen molar-refractivity contribution in [3.63, 3.8) is 0 Å². The number of nitrogens with one attached hydrogen (secondary N) is 1. The molecule has 14 heavy (non-hydrogen) atoms. The van der Waals surface area contributed by atoms with E-state index in [1.807, 2.05) is 12.1 Å². The number of nitrogens with zero attached hydrogens (tertiary/aromatic N) is 1. The highest BCUT2D eigenvalue weighted by molar-refractivity contribution is 5.57. The summed E-state index contributed by atoms with van der Waals surface area (Å²) in [4.78, 5) is 0. The maximum atomic E-state index is 5.30. The van der Waals surface area contributed by atoms with Crippen LogP contribution in [0, 0.1) is 0 Å². The largest absolute Gasteiger partial charge is 0.463 e. The summed E-state index contributed by atoms with van der Waals surface area (Å²) >= 11 is 0. The lowest BCUT2D eigenvalue weighted by molar-refractivity contribution is 0.366. The minimum atomic E-state index is 0.767. The molecule has 0 radical (unpaired) electrons. The normalized spacial score (nSPS) is 15.4. The molecule has 0 amide bonds. The van der Waals surface area contributed by atoms with Gasteiger partial charge in [-0.25, -0.2) is 0 Å². The second-order valence-corrected chi connectivity index (χ2v) is 3.34. The van der Waals surface area contributed by atoms with Crippen molar-refractivity contribution >= 4 is 0 Å². The Hall–Kier alpha value is -1.55. The Balaban J connectivity index is 2.11. The summed E-state index contributed by atoms with van der Waals surface area (Å²) in [5.41, 5.74) is 2.03. The first-order chi connectivity index (χ1) is 6.95. The van der Waals surface area contributed by atoms with Crippen LogP contribution in [0.3, 0.4) is 0 Å². The van der Waals surface area contributed by atoms with Crippen LogP contribution in [-0.2, 0) is 13.0 Å². The van der Waals surface area contributed by atoms with Gasteiger partial charge >= 0.3 is 0 Å². The predicted octanol–water partition coefficient (Wildman–Crippen LogP) is 1.58. The molecule has 3 rings (SSSR count). The molecule has 0 fully saturated rings. The van der Waals surface area contributed by atoms with Crippen LogP contribution in [0.5, 0.6) is 0 Å². The predicted molar refractivity (Wildman–Crippen MR) is 49.6 cm³/mol. The van der Waals surface area contributed by atoms with E-state index in [0.717, 1.165) is 36.7 Å². The zero-order valence-corrected chi connectivity index (χ0v) is 7.62. The van der Waals surface area contributed by atoms with Crippen LogP contribution in [0.25, 0.3) is 11.5 Å². The third-order valence-electron chi connectivity index (χ3n) is 2.46. The highest BCUT2D eigenvalue weighted by atomic mass is 16.5. The average molecular weight is 190 g/mol. The van der Waals surface area contributed by atoms with Crippen molar-refractivity contribution in [1.82, 2.24) is 10.5 Å². The van der Waals surface area contributed by atoms with Crippen molar-refractivity contribution in [1.29, 1.82) is 0 Å². The van der Waals surface area contributed by atoms with Gasteiger partial charge in [0.2, 0.25) is 0 Å². The molecule has 1 aliphatic rings. The smallest absolute Gasteiger partial charge is 0.156 e. The molecule has 2 aromatic heterocycles. The van der Waals surface area contributed by atoms with Gasteiger partial charge in [0.25, 0.3) is 0 Å². The first kappa shape index (κ1) is 7.82. The highest BCUT2D eigenvalue weighted by Crippen LogP contribution is 2.27. The fourth-order valence-corrected chi connectivity index (χ4v) is 1.76. The molecule has 0 aromatic carbocycles. The van der Waals surface area contributed by atoms with Gasteiger partial charge in [0, 0.05) is 5.56 Å². The zero-order chi connectivity index (χ0) is 9.38. The standard InChI is InChI=1S/C10H10N2O2/c1-2-8(13-5-1)10-7-3-4-11-6-9(7)14-12-10/h1-2,5,11H,3-4,6H2. The Morgan fingerprint density at radius 2 is 2.43 bits per heavy atom. The lowest BCUT2D eigenvalue weighted by Gasteiger charge is -2.09. The van der Waals surface area contributed by atoms with Gasteiger partial charge < -0.3 is 14.3 Å². The molecule has 0 saturated carbocycles.